The van der Waals surface area contributed by atoms with Crippen LogP contribution in [0.1, 0.15) is 5.56 Å². The molecule has 2 aromatic heterocycles. The van der Waals surface area contributed by atoms with E-state index in [1.807, 2.05) is 24.3 Å². The van der Waals surface area contributed by atoms with Crippen molar-refractivity contribution in [3.63, 3.8) is 0 Å². The standard InChI is InChI=1S/C20H12F3N3/c1-11-6-9-16(20-24-10-12-4-2-3-5-15(12)26-20)25-19(11)13-7-8-14(21)18(23)17(13)22/h2-10H,1H3. The number of pyridine rings is 1. The van der Waals surface area contributed by atoms with Crippen LogP contribution < -0.4 is 0 Å². The molecular formula is C20H12F3N3. The van der Waals surface area contributed by atoms with Crippen molar-refractivity contribution in [2.24, 2.45) is 0 Å². The van der Waals surface area contributed by atoms with Gasteiger partial charge in [-0.25, -0.2) is 28.1 Å². The van der Waals surface area contributed by atoms with E-state index < -0.39 is 17.5 Å². The van der Waals surface area contributed by atoms with Crippen LogP contribution in [0.3, 0.4) is 0 Å². The molecule has 0 bridgehead atoms. The first-order chi connectivity index (χ1) is 12.5. The topological polar surface area (TPSA) is 38.7 Å². The number of nitrogens with zero attached hydrogens (tertiary/aromatic N) is 3. The second-order valence-corrected chi connectivity index (χ2v) is 5.84. The lowest BCUT2D eigenvalue weighted by atomic mass is 10.0. The number of hydrogen-bond donors (Lipinski definition) is 0. The zero-order chi connectivity index (χ0) is 18.3. The molecule has 0 spiro atoms. The number of rotatable bonds is 2. The van der Waals surface area contributed by atoms with Crippen LogP contribution in [0.25, 0.3) is 33.7 Å². The molecule has 0 fully saturated rings. The fourth-order valence-corrected chi connectivity index (χ4v) is 2.73. The molecule has 0 aliphatic rings. The summed E-state index contributed by atoms with van der Waals surface area (Å²) in [5.41, 5.74) is 1.90. The average molecular weight is 351 g/mol. The SMILES string of the molecule is Cc1ccc(-c2ncc3ccccc3n2)nc1-c1ccc(F)c(F)c1F. The number of aryl methyl sites for hydroxylation is 1. The summed E-state index contributed by atoms with van der Waals surface area (Å²) in [6, 6.07) is 13.0. The molecule has 2 aromatic carbocycles. The van der Waals surface area contributed by atoms with Crippen molar-refractivity contribution in [1.29, 1.82) is 0 Å². The van der Waals surface area contributed by atoms with Gasteiger partial charge < -0.3 is 0 Å². The third-order valence-corrected chi connectivity index (χ3v) is 4.11. The Morgan fingerprint density at radius 1 is 0.808 bits per heavy atom. The van der Waals surface area contributed by atoms with Crippen LogP contribution in [-0.4, -0.2) is 15.0 Å². The Bertz CT molecular complexity index is 1140. The van der Waals surface area contributed by atoms with Gasteiger partial charge in [0, 0.05) is 17.1 Å². The molecule has 2 heterocycles. The van der Waals surface area contributed by atoms with Crippen LogP contribution in [0, 0.1) is 24.4 Å². The van der Waals surface area contributed by atoms with Gasteiger partial charge in [0.2, 0.25) is 0 Å². The number of para-hydroxylation sites is 1. The summed E-state index contributed by atoms with van der Waals surface area (Å²) in [4.78, 5) is 13.2. The molecule has 0 saturated carbocycles. The van der Waals surface area contributed by atoms with Gasteiger partial charge in [0.25, 0.3) is 0 Å². The molecule has 0 unspecified atom stereocenters. The van der Waals surface area contributed by atoms with E-state index in [0.29, 0.717) is 17.1 Å². The lowest BCUT2D eigenvalue weighted by molar-refractivity contribution is 0.449. The molecule has 0 aliphatic carbocycles. The van der Waals surface area contributed by atoms with Gasteiger partial charge in [0.1, 0.15) is 5.69 Å². The van der Waals surface area contributed by atoms with E-state index >= 15 is 0 Å². The summed E-state index contributed by atoms with van der Waals surface area (Å²) in [6.07, 6.45) is 1.68. The van der Waals surface area contributed by atoms with Crippen molar-refractivity contribution in [2.75, 3.05) is 0 Å². The van der Waals surface area contributed by atoms with E-state index in [0.717, 1.165) is 17.0 Å². The Balaban J connectivity index is 1.87. The van der Waals surface area contributed by atoms with E-state index in [1.165, 1.54) is 6.07 Å². The maximum atomic E-state index is 14.2. The summed E-state index contributed by atoms with van der Waals surface area (Å²) in [5, 5.41) is 0.884. The van der Waals surface area contributed by atoms with E-state index in [2.05, 4.69) is 15.0 Å². The minimum Gasteiger partial charge on any atom is -0.244 e. The van der Waals surface area contributed by atoms with Gasteiger partial charge in [0.05, 0.1) is 11.2 Å². The third-order valence-electron chi connectivity index (χ3n) is 4.11. The van der Waals surface area contributed by atoms with Crippen LogP contribution in [0.2, 0.25) is 0 Å². The van der Waals surface area contributed by atoms with Crippen LogP contribution >= 0.6 is 0 Å². The number of hydrogen-bond acceptors (Lipinski definition) is 3. The van der Waals surface area contributed by atoms with Gasteiger partial charge >= 0.3 is 0 Å². The molecule has 0 aliphatic heterocycles. The summed E-state index contributed by atoms with van der Waals surface area (Å²) in [5.74, 6) is -3.65. The maximum Gasteiger partial charge on any atom is 0.195 e. The van der Waals surface area contributed by atoms with Gasteiger partial charge in [-0.05, 0) is 36.8 Å². The van der Waals surface area contributed by atoms with Crippen molar-refractivity contribution < 1.29 is 13.2 Å². The van der Waals surface area contributed by atoms with Crippen molar-refractivity contribution in [2.45, 2.75) is 6.92 Å². The molecule has 0 saturated heterocycles. The Hall–Kier alpha value is -3.28. The molecule has 0 amide bonds. The summed E-state index contributed by atoms with van der Waals surface area (Å²) in [7, 11) is 0. The minimum absolute atomic E-state index is 0.107. The highest BCUT2D eigenvalue weighted by molar-refractivity contribution is 5.79. The number of aromatic nitrogens is 3. The molecule has 128 valence electrons. The molecule has 4 rings (SSSR count). The smallest absolute Gasteiger partial charge is 0.195 e. The molecule has 6 heteroatoms. The van der Waals surface area contributed by atoms with Crippen molar-refractivity contribution in [3.8, 4) is 22.8 Å². The Labute approximate surface area is 147 Å². The first-order valence-electron chi connectivity index (χ1n) is 7.88. The normalized spacial score (nSPS) is 11.1. The largest absolute Gasteiger partial charge is 0.244 e. The first kappa shape index (κ1) is 16.2. The van der Waals surface area contributed by atoms with Crippen molar-refractivity contribution in [1.82, 2.24) is 15.0 Å². The quantitative estimate of drug-likeness (QED) is 0.473. The predicted molar refractivity (Wildman–Crippen MR) is 92.8 cm³/mol. The Morgan fingerprint density at radius 2 is 1.62 bits per heavy atom. The fourth-order valence-electron chi connectivity index (χ4n) is 2.73. The van der Waals surface area contributed by atoms with Crippen LogP contribution in [-0.2, 0) is 0 Å². The third kappa shape index (κ3) is 2.69. The van der Waals surface area contributed by atoms with Crippen LogP contribution in [0.4, 0.5) is 13.2 Å². The van der Waals surface area contributed by atoms with Crippen LogP contribution in [0.15, 0.2) is 54.7 Å². The van der Waals surface area contributed by atoms with E-state index in [9.17, 15) is 13.2 Å². The van der Waals surface area contributed by atoms with E-state index in [-0.39, 0.29) is 11.3 Å². The van der Waals surface area contributed by atoms with E-state index in [1.54, 1.807) is 25.3 Å². The van der Waals surface area contributed by atoms with Gasteiger partial charge in [-0.3, -0.25) is 0 Å². The lowest BCUT2D eigenvalue weighted by Crippen LogP contribution is -1.99. The molecule has 26 heavy (non-hydrogen) atoms. The summed E-state index contributed by atoms with van der Waals surface area (Å²) in [6.45, 7) is 1.72. The second kappa shape index (κ2) is 6.22. The van der Waals surface area contributed by atoms with Crippen molar-refractivity contribution in [3.05, 3.63) is 77.7 Å². The van der Waals surface area contributed by atoms with Gasteiger partial charge in [-0.1, -0.05) is 24.3 Å². The molecule has 4 aromatic rings. The highest BCUT2D eigenvalue weighted by atomic mass is 19.2. The number of halogens is 3. The zero-order valence-electron chi connectivity index (χ0n) is 13.7. The predicted octanol–water partition coefficient (Wildman–Crippen LogP) is 5.08. The summed E-state index contributed by atoms with van der Waals surface area (Å²) < 4.78 is 41.0. The monoisotopic (exact) mass is 351 g/mol. The van der Waals surface area contributed by atoms with E-state index in [4.69, 9.17) is 0 Å². The van der Waals surface area contributed by atoms with Crippen LogP contribution in [0.5, 0.6) is 0 Å². The maximum absolute atomic E-state index is 14.2. The fraction of sp³-hybridized carbons (Fsp3) is 0.0500. The van der Waals surface area contributed by atoms with Gasteiger partial charge in [-0.15, -0.1) is 0 Å². The minimum atomic E-state index is -1.52. The summed E-state index contributed by atoms with van der Waals surface area (Å²) >= 11 is 0. The Morgan fingerprint density at radius 3 is 2.46 bits per heavy atom. The highest BCUT2D eigenvalue weighted by Gasteiger charge is 2.18. The molecule has 0 radical (unpaired) electrons. The second-order valence-electron chi connectivity index (χ2n) is 5.84. The molecule has 0 atom stereocenters. The van der Waals surface area contributed by atoms with Gasteiger partial charge in [-0.2, -0.15) is 0 Å². The number of fused-ring (bicyclic) bond motifs is 1. The first-order valence-corrected chi connectivity index (χ1v) is 7.88. The Kier molecular flexibility index (Phi) is 3.88. The molecule has 0 N–H and O–H groups in total. The molecule has 3 nitrogen and oxygen atoms in total. The van der Waals surface area contributed by atoms with Gasteiger partial charge in [0.15, 0.2) is 23.3 Å². The van der Waals surface area contributed by atoms with Crippen molar-refractivity contribution >= 4 is 10.9 Å². The molecular weight excluding hydrogens is 339 g/mol. The zero-order valence-corrected chi connectivity index (χ0v) is 13.7. The number of benzene rings is 2. The highest BCUT2D eigenvalue weighted by Crippen LogP contribution is 2.29. The lowest BCUT2D eigenvalue weighted by Gasteiger charge is -2.10. The average Bonchev–Trinajstić information content (AvgIpc) is 2.67.